The Morgan fingerprint density at radius 2 is 1.37 bits per heavy atom. The maximum atomic E-state index is 5.17. The van der Waals surface area contributed by atoms with Gasteiger partial charge in [-0.25, -0.2) is 0 Å². The van der Waals surface area contributed by atoms with Gasteiger partial charge in [-0.3, -0.25) is 0 Å². The molecule has 0 amide bonds. The van der Waals surface area contributed by atoms with E-state index in [1.54, 1.807) is 7.11 Å². The molecular weight excluding hydrogens is 363 g/mol. The third-order valence-corrected chi connectivity index (χ3v) is 5.06. The summed E-state index contributed by atoms with van der Waals surface area (Å²) in [6.07, 6.45) is 8.49. The number of hydrogen-bond acceptors (Lipinski definition) is 1. The molecule has 0 spiro atoms. The zero-order chi connectivity index (χ0) is 20.8. The molecule has 1 aliphatic rings. The van der Waals surface area contributed by atoms with Crippen molar-refractivity contribution in [3.8, 4) is 28.6 Å². The summed E-state index contributed by atoms with van der Waals surface area (Å²) in [5, 5.41) is 0. The van der Waals surface area contributed by atoms with Gasteiger partial charge in [0.1, 0.15) is 0 Å². The van der Waals surface area contributed by atoms with Gasteiger partial charge in [0.25, 0.3) is 0 Å². The van der Waals surface area contributed by atoms with Crippen LogP contribution >= 0.6 is 0 Å². The number of aryl methyl sites for hydroxylation is 1. The summed E-state index contributed by atoms with van der Waals surface area (Å²) in [5.74, 6) is 8.32. The summed E-state index contributed by atoms with van der Waals surface area (Å²) < 4.78 is 5.17. The predicted octanol–water partition coefficient (Wildman–Crippen LogP) is 5.61. The van der Waals surface area contributed by atoms with Crippen molar-refractivity contribution >= 4 is 12.4 Å². The van der Waals surface area contributed by atoms with E-state index in [9.17, 15) is 0 Å². The van der Waals surface area contributed by atoms with E-state index < -0.39 is 0 Å². The molecule has 0 heterocycles. The quantitative estimate of drug-likeness (QED) is 0.324. The Kier molecular flexibility index (Phi) is 6.02. The van der Waals surface area contributed by atoms with Crippen LogP contribution in [0.5, 0.6) is 5.75 Å². The summed E-state index contributed by atoms with van der Waals surface area (Å²) in [4.78, 5) is 0. The molecule has 0 atom stereocenters. The second-order valence-electron chi connectivity index (χ2n) is 7.21. The number of ether oxygens (including phenoxy) is 1. The number of methoxy groups -OCH3 is 1. The minimum atomic E-state index is 0.840. The summed E-state index contributed by atoms with van der Waals surface area (Å²) in [6.45, 7) is 4.05. The summed E-state index contributed by atoms with van der Waals surface area (Å²) >= 11 is 0. The van der Waals surface area contributed by atoms with Crippen LogP contribution in [0.1, 0.15) is 16.7 Å². The van der Waals surface area contributed by atoms with Crippen LogP contribution in [-0.4, -0.2) is 19.5 Å². The van der Waals surface area contributed by atoms with Gasteiger partial charge in [-0.15, -0.1) is 0 Å². The molecule has 0 saturated carbocycles. The van der Waals surface area contributed by atoms with Crippen molar-refractivity contribution in [3.63, 3.8) is 0 Å². The zero-order valence-corrected chi connectivity index (χ0v) is 17.2. The number of rotatable bonds is 3. The van der Waals surface area contributed by atoms with Gasteiger partial charge in [-0.05, 0) is 6.92 Å². The van der Waals surface area contributed by atoms with Gasteiger partial charge in [0.15, 0.2) is 0 Å². The fraction of sp³-hybridized carbons (Fsp3) is 0.0714. The van der Waals surface area contributed by atoms with E-state index in [1.807, 2.05) is 31.2 Å². The average Bonchev–Trinajstić information content (AvgIpc) is 2.81. The number of hydrogen-bond donors (Lipinski definition) is 0. The molecule has 144 valence electrons. The van der Waals surface area contributed by atoms with Crippen LogP contribution in [-0.2, 0) is 0 Å². The maximum absolute atomic E-state index is 5.17. The van der Waals surface area contributed by atoms with Gasteiger partial charge in [0, 0.05) is 0 Å². The molecule has 0 fully saturated rings. The molecule has 1 aliphatic carbocycles. The summed E-state index contributed by atoms with van der Waals surface area (Å²) in [6, 6.07) is 25.1. The summed E-state index contributed by atoms with van der Waals surface area (Å²) in [5.41, 5.74) is 7.03. The van der Waals surface area contributed by atoms with Crippen molar-refractivity contribution in [1.29, 1.82) is 0 Å². The third-order valence-electron chi connectivity index (χ3n) is 5.06. The van der Waals surface area contributed by atoms with Gasteiger partial charge < -0.3 is 0 Å². The van der Waals surface area contributed by atoms with Crippen LogP contribution in [0.4, 0.5) is 0 Å². The number of benzene rings is 3. The van der Waals surface area contributed by atoms with Gasteiger partial charge in [0.05, 0.1) is 0 Å². The van der Waals surface area contributed by atoms with E-state index in [4.69, 9.17) is 4.74 Å². The Hall–Kier alpha value is -3.70. The molecule has 1 nitrogen and oxygen atoms in total. The fourth-order valence-electron chi connectivity index (χ4n) is 3.25. The Bertz CT molecular complexity index is 1140. The van der Waals surface area contributed by atoms with E-state index >= 15 is 0 Å². The molecule has 0 N–H and O–H groups in total. The topological polar surface area (TPSA) is 9.23 Å². The van der Waals surface area contributed by atoms with Crippen molar-refractivity contribution in [1.82, 2.24) is 0 Å². The first kappa shape index (κ1) is 19.6. The van der Waals surface area contributed by atoms with Crippen LogP contribution in [0.3, 0.4) is 0 Å². The van der Waals surface area contributed by atoms with E-state index in [0.29, 0.717) is 0 Å². The van der Waals surface area contributed by atoms with Crippen molar-refractivity contribution in [2.45, 2.75) is 6.92 Å². The van der Waals surface area contributed by atoms with Crippen molar-refractivity contribution in [2.75, 3.05) is 7.11 Å². The minimum absolute atomic E-state index is 0.840. The zero-order valence-electron chi connectivity index (χ0n) is 17.2. The van der Waals surface area contributed by atoms with Gasteiger partial charge in [-0.1, -0.05) is 0 Å². The molecular formula is C28H22BO-. The van der Waals surface area contributed by atoms with Gasteiger partial charge in [-0.2, -0.15) is 0 Å². The molecule has 0 bridgehead atoms. The van der Waals surface area contributed by atoms with E-state index in [-0.39, 0.29) is 0 Å². The van der Waals surface area contributed by atoms with Gasteiger partial charge in [0.2, 0.25) is 0 Å². The normalized spacial score (nSPS) is 12.2. The summed E-state index contributed by atoms with van der Waals surface area (Å²) in [7, 11) is 1.66. The molecule has 0 unspecified atom stereocenters. The first-order chi connectivity index (χ1) is 14.7. The molecule has 0 saturated heterocycles. The monoisotopic (exact) mass is 385 g/mol. The Morgan fingerprint density at radius 3 is 1.97 bits per heavy atom. The predicted molar refractivity (Wildman–Crippen MR) is 128 cm³/mol. The standard InChI is InChI=1S/C28H22BO/c1-21-3-7-23(8-4-21)24-9-11-25(12-10-24)26-13-15-27(16-14-26)29-20-19-22-5-17-28(30-2)18-6-22/h3-18H,1-2H3/q-1. The van der Waals surface area contributed by atoms with Crippen molar-refractivity contribution < 1.29 is 4.74 Å². The van der Waals surface area contributed by atoms with E-state index in [2.05, 4.69) is 91.5 Å². The first-order valence-electron chi connectivity index (χ1n) is 9.98. The van der Waals surface area contributed by atoms with Crippen LogP contribution in [0, 0.1) is 24.6 Å². The van der Waals surface area contributed by atoms with E-state index in [1.165, 1.54) is 28.2 Å². The Labute approximate surface area is 179 Å². The molecule has 0 aromatic heterocycles. The van der Waals surface area contributed by atoms with E-state index in [0.717, 1.165) is 16.8 Å². The Morgan fingerprint density at radius 1 is 0.767 bits per heavy atom. The van der Waals surface area contributed by atoms with Gasteiger partial charge >= 0.3 is 173 Å². The fourth-order valence-corrected chi connectivity index (χ4v) is 3.25. The first-order valence-corrected chi connectivity index (χ1v) is 9.98. The molecule has 2 heteroatoms. The van der Waals surface area contributed by atoms with Crippen molar-refractivity contribution in [2.24, 2.45) is 0 Å². The molecule has 30 heavy (non-hydrogen) atoms. The molecule has 3 aromatic carbocycles. The Balaban J connectivity index is 1.41. The second kappa shape index (κ2) is 9.20. The molecule has 4 rings (SSSR count). The van der Waals surface area contributed by atoms with Crippen LogP contribution in [0.25, 0.3) is 11.1 Å². The van der Waals surface area contributed by atoms with Crippen LogP contribution in [0.15, 0.2) is 97.1 Å². The molecule has 3 aromatic rings. The number of allylic oxidation sites excluding steroid dienone is 4. The SMILES string of the molecule is COc1ccc(C#CB=C2C=C[C-](c3ccc(-c4ccc(C)cc4)cc3)C=C2)cc1. The average molecular weight is 385 g/mol. The van der Waals surface area contributed by atoms with Crippen molar-refractivity contribution in [3.05, 3.63) is 120 Å². The molecule has 0 aliphatic heterocycles. The van der Waals surface area contributed by atoms with Crippen LogP contribution < -0.4 is 4.74 Å². The molecule has 0 radical (unpaired) electrons. The second-order valence-corrected chi connectivity index (χ2v) is 7.21. The van der Waals surface area contributed by atoms with Crippen LogP contribution in [0.2, 0.25) is 0 Å². The third kappa shape index (κ3) is 4.83.